The minimum atomic E-state index is -1.15. The Morgan fingerprint density at radius 1 is 0.938 bits per heavy atom. The van der Waals surface area contributed by atoms with Gasteiger partial charge in [-0.25, -0.2) is 15.0 Å². The van der Waals surface area contributed by atoms with Crippen LogP contribution in [-0.2, 0) is 42.9 Å². The molecule has 6 bridgehead atoms. The fourth-order valence-corrected chi connectivity index (χ4v) is 7.83. The molecule has 0 aromatic carbocycles. The van der Waals surface area contributed by atoms with Crippen molar-refractivity contribution in [3.8, 4) is 23.2 Å². The first kappa shape index (κ1) is 52.4. The summed E-state index contributed by atoms with van der Waals surface area (Å²) in [7, 11) is 6.19. The van der Waals surface area contributed by atoms with Gasteiger partial charge in [-0.15, -0.1) is 0 Å². The van der Waals surface area contributed by atoms with E-state index in [1.165, 1.54) is 49.9 Å². The van der Waals surface area contributed by atoms with Gasteiger partial charge < -0.3 is 52.0 Å². The van der Waals surface area contributed by atoms with Crippen molar-refractivity contribution in [1.82, 2.24) is 19.9 Å². The molecule has 2 N–H and O–H groups in total. The summed E-state index contributed by atoms with van der Waals surface area (Å²) < 4.78 is 46.4. The molecule has 1 aliphatic rings. The Labute approximate surface area is 380 Å². The number of fused-ring (bicyclic) bond motifs is 8. The van der Waals surface area contributed by atoms with Crippen LogP contribution in [0.25, 0.3) is 29.2 Å². The van der Waals surface area contributed by atoms with Crippen LogP contribution in [0.5, 0.6) is 0 Å². The Morgan fingerprint density at radius 3 is 2.29 bits per heavy atom. The van der Waals surface area contributed by atoms with Crippen LogP contribution in [0.2, 0.25) is 0 Å². The molecule has 3 aromatic heterocycles. The van der Waals surface area contributed by atoms with Crippen LogP contribution < -0.4 is 0 Å². The quantitative estimate of drug-likeness (QED) is 0.115. The van der Waals surface area contributed by atoms with Gasteiger partial charge in [0.25, 0.3) is 0 Å². The Balaban J connectivity index is 1.55. The van der Waals surface area contributed by atoms with Crippen LogP contribution in [0.1, 0.15) is 97.8 Å². The van der Waals surface area contributed by atoms with E-state index < -0.39 is 66.5 Å². The minimum Gasteiger partial charge on any atom is -0.462 e. The van der Waals surface area contributed by atoms with E-state index >= 15 is 0 Å². The van der Waals surface area contributed by atoms with Crippen molar-refractivity contribution in [2.75, 3.05) is 28.4 Å². The van der Waals surface area contributed by atoms with Gasteiger partial charge in [-0.3, -0.25) is 19.2 Å². The smallest absolute Gasteiger partial charge is 0.308 e. The van der Waals surface area contributed by atoms with Crippen molar-refractivity contribution in [3.63, 3.8) is 0 Å². The fourth-order valence-electron chi connectivity index (χ4n) is 7.83. The number of hydrogen-bond acceptors (Lipinski definition) is 17. The Morgan fingerprint density at radius 2 is 1.62 bits per heavy atom. The number of nitrogens with zero attached hydrogens (tertiary/aromatic N) is 4. The summed E-state index contributed by atoms with van der Waals surface area (Å²) in [6.45, 7) is 10.6. The molecule has 0 radical (unpaired) electrons. The van der Waals surface area contributed by atoms with Crippen LogP contribution in [-0.4, -0.2) is 119 Å². The number of aliphatic hydroxyl groups is 2. The maximum Gasteiger partial charge on any atom is 0.308 e. The number of aliphatic hydroxyl groups excluding tert-OH is 2. The molecule has 0 aliphatic carbocycles. The number of aromatic nitrogens is 3. The summed E-state index contributed by atoms with van der Waals surface area (Å²) in [4.78, 5) is 64.7. The number of rotatable bonds is 16. The maximum absolute atomic E-state index is 13.5. The van der Waals surface area contributed by atoms with E-state index in [1.54, 1.807) is 46.5 Å². The summed E-state index contributed by atoms with van der Waals surface area (Å²) >= 11 is 0. The maximum atomic E-state index is 13.5. The molecule has 0 fully saturated rings. The van der Waals surface area contributed by atoms with Crippen molar-refractivity contribution in [3.05, 3.63) is 60.9 Å². The topological polar surface area (TPSA) is 236 Å². The lowest BCUT2D eigenvalue weighted by molar-refractivity contribution is -0.159. The minimum absolute atomic E-state index is 0.00353. The zero-order valence-electron chi connectivity index (χ0n) is 39.0. The van der Waals surface area contributed by atoms with Crippen molar-refractivity contribution in [2.45, 2.75) is 123 Å². The lowest BCUT2D eigenvalue weighted by atomic mass is 9.83. The lowest BCUT2D eigenvalue weighted by Crippen LogP contribution is -2.39. The van der Waals surface area contributed by atoms with E-state index in [2.05, 4.69) is 15.0 Å². The molecule has 18 nitrogen and oxygen atoms in total. The van der Waals surface area contributed by atoms with Crippen LogP contribution in [0.15, 0.2) is 62.5 Å². The standard InChI is InChI=1S/C47H66N4O14/c1-27(17-18-38(56)29(3)44(64-32(6)53)28(2)19-20-51(7)26-52)40(59-9)22-41-31(5)39(58-8)15-12-16-42-48-35(24-61-42)46-50-36(25-63-46)47-49-34(23-62-47)45(60-10)30(4)37(55)14-11-13-33(54)21-43(57)65-41/h11-12,14,16,19-20,23-31,33,38-41,44-45,54,56H,13,15,17-18,21-22H2,1-10H3/t27-,28+,29-,30-,31+,33-,38+,39-,40-,41-,44+,45-/m0/s1. The van der Waals surface area contributed by atoms with Crippen LogP contribution in [0, 0.1) is 29.6 Å². The van der Waals surface area contributed by atoms with Crippen LogP contribution >= 0.6 is 0 Å². The number of allylic oxidation sites excluding steroid dienone is 1. The molecule has 3 aromatic rings. The average molecular weight is 911 g/mol. The van der Waals surface area contributed by atoms with Crippen molar-refractivity contribution in [2.24, 2.45) is 29.6 Å². The largest absolute Gasteiger partial charge is 0.462 e. The zero-order chi connectivity index (χ0) is 47.8. The van der Waals surface area contributed by atoms with Crippen molar-refractivity contribution < 1.29 is 66.3 Å². The number of esters is 2. The summed E-state index contributed by atoms with van der Waals surface area (Å²) in [5.41, 5.74) is 0.991. The SMILES string of the molecule is CO[C@H]1CC=Cc2nc(co2)-c2nc(co2)-c2nc(co2)[C@@H](OC)[C@@H](C)C(=O)C=CC[C@H](O)CC(=O)O[C@@H](C[C@H](OC)[C@@H](C)CC[C@@H](O)[C@H](C)[C@H](OC(C)=O)[C@H](C)C=CN(C)C=O)[C@@H]1C. The van der Waals surface area contributed by atoms with Gasteiger partial charge in [0, 0.05) is 65.7 Å². The molecule has 0 saturated carbocycles. The third-order valence-electron chi connectivity index (χ3n) is 12.0. The fraction of sp³-hybridized carbons (Fsp3) is 0.596. The molecule has 1 aliphatic heterocycles. The molecule has 0 saturated heterocycles. The molecular weight excluding hydrogens is 845 g/mol. The van der Waals surface area contributed by atoms with Gasteiger partial charge in [-0.05, 0) is 43.8 Å². The number of ketones is 1. The summed E-state index contributed by atoms with van der Waals surface area (Å²) in [6, 6.07) is 0. The van der Waals surface area contributed by atoms with Crippen LogP contribution in [0.4, 0.5) is 0 Å². The zero-order valence-corrected chi connectivity index (χ0v) is 39.0. The Kier molecular flexibility index (Phi) is 20.5. The van der Waals surface area contributed by atoms with E-state index in [-0.39, 0.29) is 60.5 Å². The highest BCUT2D eigenvalue weighted by molar-refractivity contribution is 5.92. The van der Waals surface area contributed by atoms with E-state index in [1.807, 2.05) is 33.8 Å². The highest BCUT2D eigenvalue weighted by Crippen LogP contribution is 2.32. The predicted octanol–water partition coefficient (Wildman–Crippen LogP) is 6.54. The molecule has 358 valence electrons. The first-order valence-electron chi connectivity index (χ1n) is 21.9. The van der Waals surface area contributed by atoms with Gasteiger partial charge in [0.1, 0.15) is 42.8 Å². The molecular formula is C47H66N4O14. The van der Waals surface area contributed by atoms with Gasteiger partial charge >= 0.3 is 11.9 Å². The van der Waals surface area contributed by atoms with Gasteiger partial charge in [0.15, 0.2) is 17.2 Å². The number of oxazole rings is 3. The summed E-state index contributed by atoms with van der Waals surface area (Å²) in [6.07, 6.45) is 10.6. The number of carbonyl (C=O) groups excluding carboxylic acids is 4. The first-order valence-corrected chi connectivity index (χ1v) is 21.9. The first-order chi connectivity index (χ1) is 31.0. The van der Waals surface area contributed by atoms with E-state index in [0.717, 1.165) is 0 Å². The third-order valence-corrected chi connectivity index (χ3v) is 12.0. The lowest BCUT2D eigenvalue weighted by Gasteiger charge is -2.34. The van der Waals surface area contributed by atoms with Crippen molar-refractivity contribution in [1.29, 1.82) is 0 Å². The number of cyclic esters (lactones) is 1. The summed E-state index contributed by atoms with van der Waals surface area (Å²) in [5.74, 6) is -2.79. The van der Waals surface area contributed by atoms with E-state index in [9.17, 15) is 29.4 Å². The van der Waals surface area contributed by atoms with E-state index in [4.69, 9.17) is 36.9 Å². The Bertz CT molecular complexity index is 2060. The molecule has 0 spiro atoms. The second-order valence-electron chi connectivity index (χ2n) is 16.9. The second kappa shape index (κ2) is 25.4. The van der Waals surface area contributed by atoms with Gasteiger partial charge in [0.05, 0.1) is 36.8 Å². The molecule has 0 unspecified atom stereocenters. The van der Waals surface area contributed by atoms with E-state index in [0.29, 0.717) is 42.8 Å². The molecule has 4 rings (SSSR count). The van der Waals surface area contributed by atoms with Gasteiger partial charge in [-0.1, -0.05) is 52.8 Å². The third kappa shape index (κ3) is 15.1. The highest BCUT2D eigenvalue weighted by Gasteiger charge is 2.35. The molecule has 1 amide bonds. The monoisotopic (exact) mass is 910 g/mol. The molecule has 65 heavy (non-hydrogen) atoms. The number of amides is 1. The second-order valence-corrected chi connectivity index (χ2v) is 16.9. The average Bonchev–Trinajstić information content (AvgIpc) is 4.08. The number of methoxy groups -OCH3 is 3. The molecule has 18 heteroatoms. The van der Waals surface area contributed by atoms with Crippen LogP contribution in [0.3, 0.4) is 0 Å². The normalized spacial score (nSPS) is 24.2. The number of carbonyl (C=O) groups is 4. The highest BCUT2D eigenvalue weighted by atomic mass is 16.6. The van der Waals surface area contributed by atoms with Crippen molar-refractivity contribution >= 4 is 30.2 Å². The Hall–Kier alpha value is -5.27. The molecule has 4 heterocycles. The number of ether oxygens (including phenoxy) is 5. The predicted molar refractivity (Wildman–Crippen MR) is 236 cm³/mol. The summed E-state index contributed by atoms with van der Waals surface area (Å²) in [5, 5.41) is 22.3. The number of hydrogen-bond donors (Lipinski definition) is 2. The van der Waals surface area contributed by atoms with Gasteiger partial charge in [0.2, 0.25) is 24.1 Å². The van der Waals surface area contributed by atoms with Gasteiger partial charge in [-0.2, -0.15) is 0 Å². The molecule has 12 atom stereocenters.